The molecule has 0 aromatic rings. The van der Waals surface area contributed by atoms with Gasteiger partial charge in [0.05, 0.1) is 12.1 Å². The molecule has 0 spiro atoms. The van der Waals surface area contributed by atoms with E-state index in [0.29, 0.717) is 6.54 Å². The van der Waals surface area contributed by atoms with Crippen LogP contribution in [0.1, 0.15) is 92.9 Å². The molecule has 6 atom stereocenters. The lowest BCUT2D eigenvalue weighted by atomic mass is 9.81. The number of carbonyl (C=O) groups is 6. The van der Waals surface area contributed by atoms with E-state index >= 15 is 0 Å². The highest BCUT2D eigenvalue weighted by Crippen LogP contribution is 2.65. The number of ketones is 2. The van der Waals surface area contributed by atoms with Crippen molar-refractivity contribution in [3.63, 3.8) is 0 Å². The zero-order chi connectivity index (χ0) is 33.3. The van der Waals surface area contributed by atoms with E-state index in [4.69, 9.17) is 0 Å². The smallest absolute Gasteiger partial charge is 0.316 e. The maximum atomic E-state index is 14.3. The predicted molar refractivity (Wildman–Crippen MR) is 170 cm³/mol. The second kappa shape index (κ2) is 13.6. The van der Waals surface area contributed by atoms with E-state index in [2.05, 4.69) is 41.7 Å². The van der Waals surface area contributed by atoms with Gasteiger partial charge in [0.15, 0.2) is 5.78 Å². The van der Waals surface area contributed by atoms with Crippen LogP contribution in [-0.4, -0.2) is 77.5 Å². The van der Waals surface area contributed by atoms with E-state index in [-0.39, 0.29) is 53.7 Å². The standard InChI is InChI=1S/C34H53N5O6/c1-8-17-35-30(43)27(41)22(9-2)36-29(42)25-23-21(34(23,6)7)18-39(25)31(44)28(33(3,4)5)38-32(45)37-24(26(40)20-15-16-20)19-13-11-10-12-14-19/h8,19-25,28H,1,9-18H2,2-7H3,(H,35,43)(H,36,42)(H2,37,38,45)/t21-,22?,23-,24-,25-,28+/m0/s1. The van der Waals surface area contributed by atoms with Crippen LogP contribution in [0.4, 0.5) is 4.79 Å². The highest BCUT2D eigenvalue weighted by molar-refractivity contribution is 6.38. The summed E-state index contributed by atoms with van der Waals surface area (Å²) in [7, 11) is 0. The molecule has 4 fully saturated rings. The summed E-state index contributed by atoms with van der Waals surface area (Å²) in [6.07, 6.45) is 8.37. The van der Waals surface area contributed by atoms with Crippen molar-refractivity contribution >= 4 is 35.3 Å². The molecule has 1 saturated heterocycles. The topological polar surface area (TPSA) is 154 Å². The molecule has 0 aromatic heterocycles. The first-order chi connectivity index (χ1) is 21.1. The number of Topliss-reactive ketones (excluding diaryl/α,β-unsaturated/α-hetero) is 2. The molecule has 3 saturated carbocycles. The maximum absolute atomic E-state index is 14.3. The number of urea groups is 1. The Balaban J connectivity index is 1.50. The van der Waals surface area contributed by atoms with E-state index in [9.17, 15) is 28.8 Å². The van der Waals surface area contributed by atoms with Gasteiger partial charge in [-0.2, -0.15) is 0 Å². The van der Waals surface area contributed by atoms with Crippen molar-refractivity contribution in [2.45, 2.75) is 117 Å². The molecule has 0 bridgehead atoms. The normalized spacial score (nSPS) is 26.0. The van der Waals surface area contributed by atoms with Crippen molar-refractivity contribution in [3.8, 4) is 0 Å². The van der Waals surface area contributed by atoms with Crippen molar-refractivity contribution in [1.29, 1.82) is 0 Å². The number of nitrogens with one attached hydrogen (secondary N) is 4. The van der Waals surface area contributed by atoms with Gasteiger partial charge in [-0.3, -0.25) is 24.0 Å². The Morgan fingerprint density at radius 2 is 1.60 bits per heavy atom. The van der Waals surface area contributed by atoms with Crippen LogP contribution in [-0.2, 0) is 24.0 Å². The van der Waals surface area contributed by atoms with Gasteiger partial charge in [0.2, 0.25) is 17.6 Å². The first-order valence-corrected chi connectivity index (χ1v) is 16.8. The molecule has 3 aliphatic carbocycles. The lowest BCUT2D eigenvalue weighted by Gasteiger charge is -2.38. The fourth-order valence-electron chi connectivity index (χ4n) is 7.47. The first-order valence-electron chi connectivity index (χ1n) is 16.8. The minimum atomic E-state index is -1.04. The van der Waals surface area contributed by atoms with E-state index in [1.54, 1.807) is 6.92 Å². The summed E-state index contributed by atoms with van der Waals surface area (Å²) in [4.78, 5) is 81.5. The van der Waals surface area contributed by atoms with E-state index < -0.39 is 53.2 Å². The third-order valence-electron chi connectivity index (χ3n) is 10.5. The van der Waals surface area contributed by atoms with Crippen molar-refractivity contribution < 1.29 is 28.8 Å². The molecule has 4 N–H and O–H groups in total. The number of nitrogens with zero attached hydrogens (tertiary/aromatic N) is 1. The zero-order valence-electron chi connectivity index (χ0n) is 27.9. The molecular formula is C34H53N5O6. The summed E-state index contributed by atoms with van der Waals surface area (Å²) in [5.41, 5.74) is -0.881. The van der Waals surface area contributed by atoms with Gasteiger partial charge < -0.3 is 26.2 Å². The van der Waals surface area contributed by atoms with Crippen molar-refractivity contribution in [2.24, 2.45) is 34.5 Å². The van der Waals surface area contributed by atoms with Gasteiger partial charge >= 0.3 is 6.03 Å². The van der Waals surface area contributed by atoms with Crippen LogP contribution in [0.3, 0.4) is 0 Å². The number of hydrogen-bond acceptors (Lipinski definition) is 6. The molecule has 1 unspecified atom stereocenters. The number of amides is 5. The van der Waals surface area contributed by atoms with Crippen LogP contribution in [0, 0.1) is 34.5 Å². The molecule has 45 heavy (non-hydrogen) atoms. The minimum Gasteiger partial charge on any atom is -0.346 e. The Hall–Kier alpha value is -3.24. The lowest BCUT2D eigenvalue weighted by Crippen LogP contribution is -2.62. The SMILES string of the molecule is C=CCNC(=O)C(=O)C(CC)NC(=O)[C@@H]1[C@@H]2[C@H](CN1C(=O)[C@@H](NC(=O)N[C@H](C(=O)C1CC1)C1CCCCC1)C(C)(C)C)C2(C)C. The van der Waals surface area contributed by atoms with Crippen LogP contribution in [0.15, 0.2) is 12.7 Å². The largest absolute Gasteiger partial charge is 0.346 e. The van der Waals surface area contributed by atoms with Crippen LogP contribution in [0.2, 0.25) is 0 Å². The molecule has 11 heteroatoms. The summed E-state index contributed by atoms with van der Waals surface area (Å²) in [6.45, 7) is 15.4. The molecule has 4 aliphatic rings. The third kappa shape index (κ3) is 7.60. The van der Waals surface area contributed by atoms with Gasteiger partial charge in [0, 0.05) is 19.0 Å². The molecule has 4 rings (SSSR count). The van der Waals surface area contributed by atoms with Gasteiger partial charge in [-0.05, 0) is 60.7 Å². The molecule has 1 heterocycles. The average molecular weight is 628 g/mol. The monoisotopic (exact) mass is 627 g/mol. The molecule has 1 aliphatic heterocycles. The minimum absolute atomic E-state index is 0.00288. The Morgan fingerprint density at radius 1 is 0.956 bits per heavy atom. The van der Waals surface area contributed by atoms with E-state index in [0.717, 1.165) is 44.9 Å². The highest BCUT2D eigenvalue weighted by atomic mass is 16.2. The van der Waals surface area contributed by atoms with E-state index in [1.165, 1.54) is 11.0 Å². The number of likely N-dealkylation sites (tertiary alicyclic amines) is 1. The fraction of sp³-hybridized carbons (Fsp3) is 0.765. The van der Waals surface area contributed by atoms with Gasteiger partial charge in [0.1, 0.15) is 12.1 Å². The predicted octanol–water partition coefficient (Wildman–Crippen LogP) is 2.88. The van der Waals surface area contributed by atoms with Crippen molar-refractivity contribution in [1.82, 2.24) is 26.2 Å². The van der Waals surface area contributed by atoms with Crippen LogP contribution in [0.5, 0.6) is 0 Å². The molecule has 5 amide bonds. The van der Waals surface area contributed by atoms with E-state index in [1.807, 2.05) is 20.8 Å². The van der Waals surface area contributed by atoms with Gasteiger partial charge in [-0.25, -0.2) is 4.79 Å². The summed E-state index contributed by atoms with van der Waals surface area (Å²) in [5.74, 6) is -2.27. The number of fused-ring (bicyclic) bond motifs is 1. The van der Waals surface area contributed by atoms with Gasteiger partial charge in [-0.1, -0.05) is 66.9 Å². The molecule has 11 nitrogen and oxygen atoms in total. The van der Waals surface area contributed by atoms with Crippen LogP contribution in [0.25, 0.3) is 0 Å². The summed E-state index contributed by atoms with van der Waals surface area (Å²) in [5, 5.41) is 11.1. The van der Waals surface area contributed by atoms with Gasteiger partial charge in [0.25, 0.3) is 5.91 Å². The van der Waals surface area contributed by atoms with Crippen molar-refractivity contribution in [3.05, 3.63) is 12.7 Å². The highest BCUT2D eigenvalue weighted by Gasteiger charge is 2.70. The summed E-state index contributed by atoms with van der Waals surface area (Å²) in [6, 6.07) is -3.98. The number of rotatable bonds is 13. The van der Waals surface area contributed by atoms with Crippen LogP contribution >= 0.6 is 0 Å². The maximum Gasteiger partial charge on any atom is 0.316 e. The Labute approximate surface area is 267 Å². The second-order valence-electron chi connectivity index (χ2n) is 15.2. The summed E-state index contributed by atoms with van der Waals surface area (Å²) < 4.78 is 0. The Bertz CT molecular complexity index is 1200. The molecule has 250 valence electrons. The van der Waals surface area contributed by atoms with Gasteiger partial charge in [-0.15, -0.1) is 6.58 Å². The number of hydrogen-bond donors (Lipinski definition) is 4. The average Bonchev–Trinajstić information content (AvgIpc) is 3.88. The summed E-state index contributed by atoms with van der Waals surface area (Å²) >= 11 is 0. The Morgan fingerprint density at radius 3 is 2.16 bits per heavy atom. The quantitative estimate of drug-likeness (QED) is 0.182. The first kappa shape index (κ1) is 34.6. The van der Waals surface area contributed by atoms with Crippen LogP contribution < -0.4 is 21.3 Å². The second-order valence-corrected chi connectivity index (χ2v) is 15.2. The molecular weight excluding hydrogens is 574 g/mol. The Kier molecular flexibility index (Phi) is 10.5. The molecule has 0 radical (unpaired) electrons. The molecule has 0 aromatic carbocycles. The number of piperidine rings is 1. The number of carbonyl (C=O) groups excluding carboxylic acids is 6. The van der Waals surface area contributed by atoms with Crippen molar-refractivity contribution in [2.75, 3.05) is 13.1 Å². The third-order valence-corrected chi connectivity index (χ3v) is 10.5. The zero-order valence-corrected chi connectivity index (χ0v) is 27.9. The lowest BCUT2D eigenvalue weighted by molar-refractivity contribution is -0.145. The fourth-order valence-corrected chi connectivity index (χ4v) is 7.47.